The van der Waals surface area contributed by atoms with Crippen molar-refractivity contribution in [1.29, 1.82) is 0 Å². The summed E-state index contributed by atoms with van der Waals surface area (Å²) >= 11 is 0. The molecule has 0 amide bonds. The fourth-order valence-electron chi connectivity index (χ4n) is 3.24. The Labute approximate surface area is 152 Å². The zero-order valence-corrected chi connectivity index (χ0v) is 16.2. The van der Waals surface area contributed by atoms with Gasteiger partial charge in [0.15, 0.2) is 5.96 Å². The van der Waals surface area contributed by atoms with Crippen molar-refractivity contribution in [3.05, 3.63) is 29.3 Å². The van der Waals surface area contributed by atoms with E-state index in [1.54, 1.807) is 0 Å². The van der Waals surface area contributed by atoms with Gasteiger partial charge in [0.05, 0.1) is 6.54 Å². The lowest BCUT2D eigenvalue weighted by molar-refractivity contribution is 0.0625. The molecule has 1 N–H and O–H groups in total. The number of ether oxygens (including phenoxy) is 2. The van der Waals surface area contributed by atoms with Gasteiger partial charge in [0.2, 0.25) is 0 Å². The number of aliphatic imine (C=N–C) groups is 1. The summed E-state index contributed by atoms with van der Waals surface area (Å²) in [6.07, 6.45) is 3.56. The van der Waals surface area contributed by atoms with Crippen molar-refractivity contribution in [2.24, 2.45) is 10.9 Å². The highest BCUT2D eigenvalue weighted by Crippen LogP contribution is 2.22. The van der Waals surface area contributed by atoms with Gasteiger partial charge < -0.3 is 19.7 Å². The lowest BCUT2D eigenvalue weighted by Crippen LogP contribution is -2.41. The summed E-state index contributed by atoms with van der Waals surface area (Å²) in [6, 6.07) is 6.22. The van der Waals surface area contributed by atoms with Crippen molar-refractivity contribution in [2.75, 3.05) is 47.0 Å². The van der Waals surface area contributed by atoms with E-state index >= 15 is 0 Å². The van der Waals surface area contributed by atoms with Gasteiger partial charge in [-0.3, -0.25) is 4.99 Å². The van der Waals surface area contributed by atoms with E-state index in [2.05, 4.69) is 54.3 Å². The smallest absolute Gasteiger partial charge is 0.193 e. The number of guanidine groups is 1. The molecular formula is C20H33N3O2. The van der Waals surface area contributed by atoms with Gasteiger partial charge in [-0.15, -0.1) is 0 Å². The number of hydrogen-bond donors (Lipinski definition) is 1. The van der Waals surface area contributed by atoms with Crippen LogP contribution in [-0.2, 0) is 4.74 Å². The van der Waals surface area contributed by atoms with Gasteiger partial charge in [0, 0.05) is 33.9 Å². The summed E-state index contributed by atoms with van der Waals surface area (Å²) in [4.78, 5) is 6.59. The molecule has 1 heterocycles. The van der Waals surface area contributed by atoms with Gasteiger partial charge in [0.1, 0.15) is 12.4 Å². The fourth-order valence-corrected chi connectivity index (χ4v) is 3.24. The first-order valence-electron chi connectivity index (χ1n) is 9.30. The summed E-state index contributed by atoms with van der Waals surface area (Å²) in [7, 11) is 3.93. The highest BCUT2D eigenvalue weighted by molar-refractivity contribution is 5.79. The maximum atomic E-state index is 5.95. The first-order valence-corrected chi connectivity index (χ1v) is 9.30. The van der Waals surface area contributed by atoms with Crippen molar-refractivity contribution in [3.63, 3.8) is 0 Å². The topological polar surface area (TPSA) is 46.1 Å². The van der Waals surface area contributed by atoms with Crippen LogP contribution in [-0.4, -0.2) is 57.9 Å². The van der Waals surface area contributed by atoms with Crippen LogP contribution in [0.5, 0.6) is 5.75 Å². The second-order valence-electron chi connectivity index (χ2n) is 6.81. The van der Waals surface area contributed by atoms with Gasteiger partial charge in [-0.1, -0.05) is 18.2 Å². The van der Waals surface area contributed by atoms with Crippen molar-refractivity contribution < 1.29 is 9.47 Å². The highest BCUT2D eigenvalue weighted by Gasteiger charge is 2.15. The molecule has 0 aliphatic carbocycles. The Balaban J connectivity index is 1.70. The van der Waals surface area contributed by atoms with E-state index in [0.29, 0.717) is 6.61 Å². The largest absolute Gasteiger partial charge is 0.491 e. The highest BCUT2D eigenvalue weighted by atomic mass is 16.5. The number of para-hydroxylation sites is 1. The van der Waals surface area contributed by atoms with Gasteiger partial charge in [0.25, 0.3) is 0 Å². The lowest BCUT2D eigenvalue weighted by atomic mass is 9.96. The summed E-state index contributed by atoms with van der Waals surface area (Å²) in [5.41, 5.74) is 2.36. The molecule has 25 heavy (non-hydrogen) atoms. The van der Waals surface area contributed by atoms with Crippen LogP contribution in [0.25, 0.3) is 0 Å². The van der Waals surface area contributed by atoms with E-state index in [4.69, 9.17) is 9.47 Å². The molecule has 0 aromatic heterocycles. The molecule has 0 atom stereocenters. The van der Waals surface area contributed by atoms with Crippen LogP contribution in [0.3, 0.4) is 0 Å². The first kappa shape index (κ1) is 19.6. The number of hydrogen-bond acceptors (Lipinski definition) is 3. The Hall–Kier alpha value is -1.75. The third kappa shape index (κ3) is 6.24. The van der Waals surface area contributed by atoms with Crippen LogP contribution in [0.4, 0.5) is 0 Å². The average molecular weight is 348 g/mol. The van der Waals surface area contributed by atoms with Crippen LogP contribution >= 0.6 is 0 Å². The molecule has 0 bridgehead atoms. The minimum atomic E-state index is 0.624. The van der Waals surface area contributed by atoms with Crippen LogP contribution in [0, 0.1) is 19.8 Å². The molecule has 1 saturated heterocycles. The summed E-state index contributed by atoms with van der Waals surface area (Å²) in [5, 5.41) is 3.39. The molecule has 1 aromatic rings. The average Bonchev–Trinajstić information content (AvgIpc) is 2.62. The third-order valence-corrected chi connectivity index (χ3v) is 4.83. The van der Waals surface area contributed by atoms with Crippen LogP contribution in [0.2, 0.25) is 0 Å². The molecule has 1 aliphatic heterocycles. The fraction of sp³-hybridized carbons (Fsp3) is 0.650. The van der Waals surface area contributed by atoms with E-state index < -0.39 is 0 Å². The van der Waals surface area contributed by atoms with Crippen molar-refractivity contribution in [1.82, 2.24) is 10.2 Å². The second-order valence-corrected chi connectivity index (χ2v) is 6.81. The Bertz CT molecular complexity index is 534. The maximum absolute atomic E-state index is 5.95. The van der Waals surface area contributed by atoms with Gasteiger partial charge in [-0.05, 0) is 50.2 Å². The molecular weight excluding hydrogens is 314 g/mol. The molecule has 2 rings (SSSR count). The Kier molecular flexibility index (Phi) is 8.06. The standard InChI is InChI=1S/C20H33N3O2/c1-16-6-5-7-17(2)19(16)25-15-11-22-20(21-3)23(4)12-8-18-9-13-24-14-10-18/h5-7,18H,8-15H2,1-4H3,(H,21,22). The molecule has 0 radical (unpaired) electrons. The predicted molar refractivity (Wildman–Crippen MR) is 104 cm³/mol. The zero-order valence-electron chi connectivity index (χ0n) is 16.2. The van der Waals surface area contributed by atoms with Gasteiger partial charge in [-0.25, -0.2) is 0 Å². The number of rotatable bonds is 7. The molecule has 0 unspecified atom stereocenters. The molecule has 140 valence electrons. The van der Waals surface area contributed by atoms with Gasteiger partial charge >= 0.3 is 0 Å². The SMILES string of the molecule is CN=C(NCCOc1c(C)cccc1C)N(C)CCC1CCOCC1. The number of aryl methyl sites for hydroxylation is 2. The van der Waals surface area contributed by atoms with Gasteiger partial charge in [-0.2, -0.15) is 0 Å². The van der Waals surface area contributed by atoms with Crippen molar-refractivity contribution in [3.8, 4) is 5.75 Å². The molecule has 5 heteroatoms. The lowest BCUT2D eigenvalue weighted by Gasteiger charge is -2.26. The number of nitrogens with zero attached hydrogens (tertiary/aromatic N) is 2. The van der Waals surface area contributed by atoms with E-state index in [9.17, 15) is 0 Å². The summed E-state index contributed by atoms with van der Waals surface area (Å²) in [6.45, 7) is 8.37. The quantitative estimate of drug-likeness (QED) is 0.468. The van der Waals surface area contributed by atoms with E-state index in [1.807, 2.05) is 7.05 Å². The predicted octanol–water partition coefficient (Wildman–Crippen LogP) is 3.01. The van der Waals surface area contributed by atoms with E-state index in [-0.39, 0.29) is 0 Å². The minimum absolute atomic E-state index is 0.624. The van der Waals surface area contributed by atoms with Crippen molar-refractivity contribution >= 4 is 5.96 Å². The molecule has 1 fully saturated rings. The maximum Gasteiger partial charge on any atom is 0.193 e. The number of nitrogens with one attached hydrogen (secondary N) is 1. The monoisotopic (exact) mass is 347 g/mol. The molecule has 1 aromatic carbocycles. The molecule has 0 spiro atoms. The second kappa shape index (κ2) is 10.3. The Morgan fingerprint density at radius 1 is 1.28 bits per heavy atom. The normalized spacial score (nSPS) is 15.9. The first-order chi connectivity index (χ1) is 12.1. The number of benzene rings is 1. The minimum Gasteiger partial charge on any atom is -0.491 e. The van der Waals surface area contributed by atoms with Crippen molar-refractivity contribution in [2.45, 2.75) is 33.1 Å². The molecule has 5 nitrogen and oxygen atoms in total. The van der Waals surface area contributed by atoms with E-state index in [1.165, 1.54) is 30.4 Å². The summed E-state index contributed by atoms with van der Waals surface area (Å²) in [5.74, 6) is 2.70. The van der Waals surface area contributed by atoms with Crippen LogP contribution < -0.4 is 10.1 Å². The zero-order chi connectivity index (χ0) is 18.1. The van der Waals surface area contributed by atoms with E-state index in [0.717, 1.165) is 43.9 Å². The summed E-state index contributed by atoms with van der Waals surface area (Å²) < 4.78 is 11.4. The molecule has 0 saturated carbocycles. The molecule has 1 aliphatic rings. The Morgan fingerprint density at radius 3 is 2.60 bits per heavy atom. The third-order valence-electron chi connectivity index (χ3n) is 4.83. The van der Waals surface area contributed by atoms with Crippen LogP contribution in [0.1, 0.15) is 30.4 Å². The Morgan fingerprint density at radius 2 is 1.96 bits per heavy atom. The van der Waals surface area contributed by atoms with Crippen LogP contribution in [0.15, 0.2) is 23.2 Å².